The maximum atomic E-state index is 12.9. The number of hydrogen-bond acceptors (Lipinski definition) is 8. The molecule has 4 amide bonds. The van der Waals surface area contributed by atoms with Crippen molar-refractivity contribution in [2.75, 3.05) is 18.5 Å². The number of anilines is 1. The van der Waals surface area contributed by atoms with Crippen molar-refractivity contribution in [3.63, 3.8) is 0 Å². The molecule has 0 bridgehead atoms. The predicted octanol–water partition coefficient (Wildman–Crippen LogP) is 4.12. The number of amides is 4. The third-order valence-electron chi connectivity index (χ3n) is 4.90. The van der Waals surface area contributed by atoms with Crippen LogP contribution in [0.15, 0.2) is 40.4 Å². The Balaban J connectivity index is 1.54. The van der Waals surface area contributed by atoms with Gasteiger partial charge in [0.25, 0.3) is 5.91 Å². The molecule has 0 spiro atoms. The van der Waals surface area contributed by atoms with Gasteiger partial charge in [-0.05, 0) is 36.7 Å². The van der Waals surface area contributed by atoms with E-state index in [9.17, 15) is 19.2 Å². The molecular weight excluding hydrogens is 470 g/mol. The summed E-state index contributed by atoms with van der Waals surface area (Å²) in [5.41, 5.74) is -0.288. The van der Waals surface area contributed by atoms with Crippen LogP contribution in [0.3, 0.4) is 0 Å². The summed E-state index contributed by atoms with van der Waals surface area (Å²) in [7, 11) is 0. The average molecular weight is 490 g/mol. The number of hydrogen-bond donors (Lipinski definition) is 2. The first-order valence-electron chi connectivity index (χ1n) is 9.65. The summed E-state index contributed by atoms with van der Waals surface area (Å²) in [6.07, 6.45) is 0. The molecule has 3 aromatic heterocycles. The highest BCUT2D eigenvalue weighted by Gasteiger charge is 2.50. The highest BCUT2D eigenvalue weighted by molar-refractivity contribution is 7.17. The molecule has 1 saturated heterocycles. The fraction of sp³-hybridized carbons (Fsp3) is 0.238. The summed E-state index contributed by atoms with van der Waals surface area (Å²) >= 11 is 4.00. The summed E-state index contributed by atoms with van der Waals surface area (Å²) in [6, 6.07) is 6.65. The lowest BCUT2D eigenvalue weighted by molar-refractivity contribution is -0.133. The number of rotatable bonds is 7. The fourth-order valence-corrected chi connectivity index (χ4v) is 5.97. The van der Waals surface area contributed by atoms with Crippen LogP contribution in [0.1, 0.15) is 29.1 Å². The van der Waals surface area contributed by atoms with Crippen molar-refractivity contribution in [2.45, 2.75) is 19.4 Å². The minimum atomic E-state index is -1.21. The van der Waals surface area contributed by atoms with Crippen molar-refractivity contribution in [2.24, 2.45) is 0 Å². The lowest BCUT2D eigenvalue weighted by atomic mass is 10.0. The van der Waals surface area contributed by atoms with Gasteiger partial charge in [0.1, 0.15) is 17.1 Å². The van der Waals surface area contributed by atoms with Gasteiger partial charge in [-0.15, -0.1) is 34.0 Å². The first-order valence-corrected chi connectivity index (χ1v) is 12.3. The van der Waals surface area contributed by atoms with Crippen molar-refractivity contribution < 1.29 is 23.9 Å². The molecule has 0 aliphatic carbocycles. The Morgan fingerprint density at radius 1 is 1.16 bits per heavy atom. The van der Waals surface area contributed by atoms with Gasteiger partial charge in [0.05, 0.1) is 6.61 Å². The van der Waals surface area contributed by atoms with Gasteiger partial charge >= 0.3 is 12.0 Å². The number of nitrogens with zero attached hydrogens (tertiary/aromatic N) is 1. The summed E-state index contributed by atoms with van der Waals surface area (Å²) in [5.74, 6) is -1.64. The first-order chi connectivity index (χ1) is 15.3. The lowest BCUT2D eigenvalue weighted by Crippen LogP contribution is -2.41. The zero-order valence-electron chi connectivity index (χ0n) is 17.2. The van der Waals surface area contributed by atoms with E-state index in [-0.39, 0.29) is 12.2 Å². The minimum Gasteiger partial charge on any atom is -0.462 e. The average Bonchev–Trinajstić information content (AvgIpc) is 3.54. The minimum absolute atomic E-state index is 0.190. The van der Waals surface area contributed by atoms with Gasteiger partial charge in [-0.25, -0.2) is 9.59 Å². The molecule has 4 heterocycles. The molecule has 1 aliphatic rings. The van der Waals surface area contributed by atoms with Gasteiger partial charge in [0, 0.05) is 20.7 Å². The molecule has 4 rings (SSSR count). The van der Waals surface area contributed by atoms with E-state index in [4.69, 9.17) is 4.74 Å². The molecule has 1 aliphatic heterocycles. The summed E-state index contributed by atoms with van der Waals surface area (Å²) in [6.45, 7) is 3.04. The molecule has 3 aromatic rings. The molecule has 1 fully saturated rings. The van der Waals surface area contributed by atoms with Crippen molar-refractivity contribution in [3.05, 3.63) is 50.8 Å². The summed E-state index contributed by atoms with van der Waals surface area (Å²) in [4.78, 5) is 53.2. The normalized spacial score (nSPS) is 18.0. The molecule has 8 nitrogen and oxygen atoms in total. The number of carbonyl (C=O) groups excluding carboxylic acids is 4. The Morgan fingerprint density at radius 2 is 1.91 bits per heavy atom. The van der Waals surface area contributed by atoms with Crippen LogP contribution in [-0.2, 0) is 19.9 Å². The van der Waals surface area contributed by atoms with E-state index in [0.29, 0.717) is 15.4 Å². The number of esters is 1. The molecule has 11 heteroatoms. The van der Waals surface area contributed by atoms with Crippen molar-refractivity contribution in [1.82, 2.24) is 10.2 Å². The zero-order chi connectivity index (χ0) is 22.9. The van der Waals surface area contributed by atoms with E-state index in [1.807, 2.05) is 22.9 Å². The molecular formula is C21H19N3O5S3. The van der Waals surface area contributed by atoms with E-state index in [1.54, 1.807) is 31.4 Å². The molecule has 0 radical (unpaired) electrons. The summed E-state index contributed by atoms with van der Waals surface area (Å²) in [5, 5.41) is 11.1. The molecule has 0 saturated carbocycles. The van der Waals surface area contributed by atoms with Crippen LogP contribution in [0.25, 0.3) is 10.4 Å². The van der Waals surface area contributed by atoms with Crippen molar-refractivity contribution >= 4 is 62.8 Å². The Morgan fingerprint density at radius 3 is 2.56 bits per heavy atom. The quantitative estimate of drug-likeness (QED) is 0.384. The first kappa shape index (κ1) is 22.2. The van der Waals surface area contributed by atoms with Gasteiger partial charge in [0.15, 0.2) is 5.54 Å². The Kier molecular flexibility index (Phi) is 6.13. The van der Waals surface area contributed by atoms with E-state index in [1.165, 1.54) is 34.0 Å². The van der Waals surface area contributed by atoms with Gasteiger partial charge in [-0.1, -0.05) is 12.1 Å². The van der Waals surface area contributed by atoms with Crippen molar-refractivity contribution in [3.8, 4) is 10.4 Å². The van der Waals surface area contributed by atoms with E-state index >= 15 is 0 Å². The number of nitrogens with one attached hydrogen (secondary N) is 2. The van der Waals surface area contributed by atoms with Gasteiger partial charge in [-0.3, -0.25) is 14.5 Å². The number of imide groups is 1. The highest BCUT2D eigenvalue weighted by atomic mass is 32.1. The molecule has 1 atom stereocenters. The van der Waals surface area contributed by atoms with Crippen LogP contribution >= 0.6 is 34.0 Å². The number of ether oxygens (including phenoxy) is 1. The highest BCUT2D eigenvalue weighted by Crippen LogP contribution is 2.38. The van der Waals surface area contributed by atoms with E-state index in [0.717, 1.165) is 9.78 Å². The smallest absolute Gasteiger partial charge is 0.341 e. The Hall–Kier alpha value is -3.02. The zero-order valence-corrected chi connectivity index (χ0v) is 19.6. The maximum Gasteiger partial charge on any atom is 0.341 e. The SMILES string of the molecule is CCOC(=O)c1c(-c2cccs2)csc1NC(=O)CN1C(=O)NC(C)(c2cccs2)C1=O. The standard InChI is InChI=1S/C21H19N3O5S3/c1-3-29-18(26)16-12(13-6-4-8-30-13)11-32-17(16)22-15(25)10-24-19(27)21(2,23-20(24)28)14-7-5-9-31-14/h4-9,11H,3,10H2,1-2H3,(H,22,25)(H,23,28). The largest absolute Gasteiger partial charge is 0.462 e. The fourth-order valence-electron chi connectivity index (χ4n) is 3.35. The van der Waals surface area contributed by atoms with E-state index in [2.05, 4.69) is 10.6 Å². The van der Waals surface area contributed by atoms with Gasteiger partial charge in [-0.2, -0.15) is 0 Å². The van der Waals surface area contributed by atoms with Crippen LogP contribution in [0, 0.1) is 0 Å². The van der Waals surface area contributed by atoms with Crippen LogP contribution in [0.2, 0.25) is 0 Å². The third kappa shape index (κ3) is 3.94. The third-order valence-corrected chi connectivity index (χ3v) is 7.79. The maximum absolute atomic E-state index is 12.9. The topological polar surface area (TPSA) is 105 Å². The number of thiophene rings is 3. The van der Waals surface area contributed by atoms with Crippen LogP contribution < -0.4 is 10.6 Å². The Labute approximate surface area is 195 Å². The number of urea groups is 1. The monoisotopic (exact) mass is 489 g/mol. The van der Waals surface area contributed by atoms with Gasteiger partial charge in [0.2, 0.25) is 5.91 Å². The molecule has 32 heavy (non-hydrogen) atoms. The predicted molar refractivity (Wildman–Crippen MR) is 124 cm³/mol. The Bertz CT molecular complexity index is 1170. The molecule has 166 valence electrons. The van der Waals surface area contributed by atoms with Crippen LogP contribution in [-0.4, -0.2) is 41.9 Å². The molecule has 2 N–H and O–H groups in total. The van der Waals surface area contributed by atoms with Crippen LogP contribution in [0.5, 0.6) is 0 Å². The van der Waals surface area contributed by atoms with Crippen molar-refractivity contribution in [1.29, 1.82) is 0 Å². The molecule has 1 unspecified atom stereocenters. The van der Waals surface area contributed by atoms with Gasteiger partial charge < -0.3 is 15.4 Å². The van der Waals surface area contributed by atoms with Crippen LogP contribution in [0.4, 0.5) is 9.80 Å². The molecule has 0 aromatic carbocycles. The summed E-state index contributed by atoms with van der Waals surface area (Å²) < 4.78 is 5.18. The second kappa shape index (κ2) is 8.85. The van der Waals surface area contributed by atoms with E-state index < -0.39 is 35.9 Å². The lowest BCUT2D eigenvalue weighted by Gasteiger charge is -2.19. The second-order valence-electron chi connectivity index (χ2n) is 7.02. The second-order valence-corrected chi connectivity index (χ2v) is 9.80. The number of carbonyl (C=O) groups is 4.